The Balaban J connectivity index is 2.28. The van der Waals surface area contributed by atoms with Gasteiger partial charge in [0.25, 0.3) is 5.69 Å². The molecule has 0 aliphatic heterocycles. The second-order valence-corrected chi connectivity index (χ2v) is 4.67. The Bertz CT molecular complexity index is 556. The lowest BCUT2D eigenvalue weighted by molar-refractivity contribution is -0.384. The zero-order valence-electron chi connectivity index (χ0n) is 9.55. The van der Waals surface area contributed by atoms with E-state index in [1.807, 2.05) is 6.92 Å². The van der Waals surface area contributed by atoms with Crippen molar-refractivity contribution in [2.24, 2.45) is 0 Å². The van der Waals surface area contributed by atoms with Crippen LogP contribution in [0, 0.1) is 10.1 Å². The first-order valence-corrected chi connectivity index (χ1v) is 6.07. The second-order valence-electron chi connectivity index (χ2n) is 3.76. The summed E-state index contributed by atoms with van der Waals surface area (Å²) in [6, 6.07) is 4.63. The molecule has 2 aromatic rings. The Morgan fingerprint density at radius 2 is 2.33 bits per heavy atom. The minimum absolute atomic E-state index is 0.0385. The summed E-state index contributed by atoms with van der Waals surface area (Å²) in [5, 5.41) is 14.0. The van der Waals surface area contributed by atoms with Crippen molar-refractivity contribution >= 4 is 27.3 Å². The molecule has 1 heterocycles. The maximum absolute atomic E-state index is 10.9. The monoisotopic (exact) mass is 310 g/mol. The van der Waals surface area contributed by atoms with Crippen LogP contribution < -0.4 is 5.32 Å². The number of nitro benzene ring substituents is 1. The van der Waals surface area contributed by atoms with Crippen LogP contribution in [-0.4, -0.2) is 14.9 Å². The highest BCUT2D eigenvalue weighted by Crippen LogP contribution is 2.30. The van der Waals surface area contributed by atoms with Gasteiger partial charge in [0, 0.05) is 22.9 Å². The number of rotatable bonds is 4. The van der Waals surface area contributed by atoms with Crippen LogP contribution in [0.3, 0.4) is 0 Å². The summed E-state index contributed by atoms with van der Waals surface area (Å²) in [4.78, 5) is 17.6. The first kappa shape index (κ1) is 12.6. The van der Waals surface area contributed by atoms with E-state index in [1.54, 1.807) is 24.5 Å². The van der Waals surface area contributed by atoms with Crippen molar-refractivity contribution in [3.8, 4) is 0 Å². The Morgan fingerprint density at radius 1 is 1.56 bits per heavy atom. The molecule has 0 fully saturated rings. The van der Waals surface area contributed by atoms with E-state index >= 15 is 0 Å². The molecule has 1 unspecified atom stereocenters. The average molecular weight is 311 g/mol. The van der Waals surface area contributed by atoms with Crippen LogP contribution in [0.25, 0.3) is 0 Å². The van der Waals surface area contributed by atoms with Gasteiger partial charge in [0.1, 0.15) is 11.5 Å². The molecular weight excluding hydrogens is 300 g/mol. The van der Waals surface area contributed by atoms with Gasteiger partial charge < -0.3 is 10.3 Å². The van der Waals surface area contributed by atoms with Crippen molar-refractivity contribution in [2.45, 2.75) is 13.0 Å². The third-order valence-electron chi connectivity index (χ3n) is 2.46. The molecule has 6 nitrogen and oxygen atoms in total. The Morgan fingerprint density at radius 3 is 2.94 bits per heavy atom. The summed E-state index contributed by atoms with van der Waals surface area (Å²) < 4.78 is 0.780. The van der Waals surface area contributed by atoms with Gasteiger partial charge in [-0.2, -0.15) is 0 Å². The van der Waals surface area contributed by atoms with Crippen LogP contribution in [-0.2, 0) is 0 Å². The largest absolute Gasteiger partial charge is 0.370 e. The van der Waals surface area contributed by atoms with E-state index in [2.05, 4.69) is 31.2 Å². The van der Waals surface area contributed by atoms with E-state index in [-0.39, 0.29) is 11.7 Å². The van der Waals surface area contributed by atoms with E-state index in [0.29, 0.717) is 5.69 Å². The van der Waals surface area contributed by atoms with Crippen molar-refractivity contribution in [1.29, 1.82) is 0 Å². The molecule has 1 aromatic heterocycles. The third kappa shape index (κ3) is 2.67. The fourth-order valence-corrected chi connectivity index (χ4v) is 1.96. The van der Waals surface area contributed by atoms with Gasteiger partial charge in [-0.15, -0.1) is 0 Å². The molecule has 1 aromatic carbocycles. The molecule has 0 bridgehead atoms. The van der Waals surface area contributed by atoms with Crippen LogP contribution in [0.15, 0.2) is 35.1 Å². The quantitative estimate of drug-likeness (QED) is 0.670. The number of nitrogens with zero attached hydrogens (tertiary/aromatic N) is 2. The van der Waals surface area contributed by atoms with Crippen molar-refractivity contribution in [3.05, 3.63) is 51.0 Å². The summed E-state index contributed by atoms with van der Waals surface area (Å²) in [5.74, 6) is 0.726. The molecule has 94 valence electrons. The van der Waals surface area contributed by atoms with Gasteiger partial charge in [-0.3, -0.25) is 10.1 Å². The summed E-state index contributed by atoms with van der Waals surface area (Å²) in [6.07, 6.45) is 3.35. The van der Waals surface area contributed by atoms with Crippen molar-refractivity contribution in [1.82, 2.24) is 9.97 Å². The zero-order chi connectivity index (χ0) is 13.1. The number of benzene rings is 1. The maximum Gasteiger partial charge on any atom is 0.292 e. The van der Waals surface area contributed by atoms with Crippen LogP contribution in [0.5, 0.6) is 0 Å². The van der Waals surface area contributed by atoms with Gasteiger partial charge in [-0.1, -0.05) is 15.9 Å². The summed E-state index contributed by atoms with van der Waals surface area (Å²) in [6.45, 7) is 1.88. The zero-order valence-corrected chi connectivity index (χ0v) is 11.1. The van der Waals surface area contributed by atoms with Crippen LogP contribution in [0.4, 0.5) is 11.4 Å². The molecule has 0 saturated carbocycles. The lowest BCUT2D eigenvalue weighted by Gasteiger charge is -2.13. The third-order valence-corrected chi connectivity index (χ3v) is 2.95. The fraction of sp³-hybridized carbons (Fsp3) is 0.182. The molecule has 0 aliphatic carbocycles. The molecule has 0 spiro atoms. The second kappa shape index (κ2) is 5.18. The highest BCUT2D eigenvalue weighted by atomic mass is 79.9. The fourth-order valence-electron chi connectivity index (χ4n) is 1.60. The predicted octanol–water partition coefficient (Wildman–Crippen LogP) is 3.25. The topological polar surface area (TPSA) is 83.8 Å². The number of halogens is 1. The smallest absolute Gasteiger partial charge is 0.292 e. The van der Waals surface area contributed by atoms with Crippen molar-refractivity contribution in [2.75, 3.05) is 5.32 Å². The van der Waals surface area contributed by atoms with E-state index < -0.39 is 4.92 Å². The van der Waals surface area contributed by atoms with Gasteiger partial charge in [-0.05, 0) is 19.1 Å². The van der Waals surface area contributed by atoms with Crippen LogP contribution in [0.1, 0.15) is 18.8 Å². The van der Waals surface area contributed by atoms with Gasteiger partial charge in [-0.25, -0.2) is 4.98 Å². The lowest BCUT2D eigenvalue weighted by atomic mass is 10.2. The van der Waals surface area contributed by atoms with E-state index in [9.17, 15) is 10.1 Å². The van der Waals surface area contributed by atoms with Crippen LogP contribution >= 0.6 is 15.9 Å². The molecule has 0 amide bonds. The van der Waals surface area contributed by atoms with Crippen molar-refractivity contribution < 1.29 is 4.92 Å². The van der Waals surface area contributed by atoms with Gasteiger partial charge in [0.05, 0.1) is 11.0 Å². The minimum atomic E-state index is -0.413. The first-order valence-electron chi connectivity index (χ1n) is 5.27. The molecule has 18 heavy (non-hydrogen) atoms. The molecule has 2 N–H and O–H groups in total. The Kier molecular flexibility index (Phi) is 3.61. The number of nitro groups is 1. The SMILES string of the molecule is CC(Nc1cc(Br)ccc1[N+](=O)[O-])c1ncc[nH]1. The molecule has 1 atom stereocenters. The highest BCUT2D eigenvalue weighted by Gasteiger charge is 2.17. The molecule has 0 aliphatic rings. The maximum atomic E-state index is 10.9. The van der Waals surface area contributed by atoms with Crippen LogP contribution in [0.2, 0.25) is 0 Å². The Hall–Kier alpha value is -1.89. The molecular formula is C11H11BrN4O2. The van der Waals surface area contributed by atoms with E-state index in [0.717, 1.165) is 10.3 Å². The number of nitrogens with one attached hydrogen (secondary N) is 2. The molecule has 2 rings (SSSR count). The summed E-state index contributed by atoms with van der Waals surface area (Å²) in [7, 11) is 0. The predicted molar refractivity (Wildman–Crippen MR) is 71.4 cm³/mol. The number of aromatic amines is 1. The van der Waals surface area contributed by atoms with Gasteiger partial charge >= 0.3 is 0 Å². The number of imidazole rings is 1. The first-order chi connectivity index (χ1) is 8.58. The van der Waals surface area contributed by atoms with E-state index in [4.69, 9.17) is 0 Å². The summed E-state index contributed by atoms with van der Waals surface area (Å²) in [5.41, 5.74) is 0.495. The number of hydrogen-bond donors (Lipinski definition) is 2. The molecule has 7 heteroatoms. The number of anilines is 1. The summed E-state index contributed by atoms with van der Waals surface area (Å²) >= 11 is 3.30. The standard InChI is InChI=1S/C11H11BrN4O2/c1-7(11-13-4-5-14-11)15-9-6-8(12)2-3-10(9)16(17)18/h2-7,15H,1H3,(H,13,14). The number of hydrogen-bond acceptors (Lipinski definition) is 4. The lowest BCUT2D eigenvalue weighted by Crippen LogP contribution is -2.09. The number of H-pyrrole nitrogens is 1. The number of aromatic nitrogens is 2. The molecule has 0 radical (unpaired) electrons. The molecule has 0 saturated heterocycles. The Labute approximate surface area is 112 Å². The van der Waals surface area contributed by atoms with E-state index in [1.165, 1.54) is 6.07 Å². The van der Waals surface area contributed by atoms with Gasteiger partial charge in [0.2, 0.25) is 0 Å². The average Bonchev–Trinajstić information content (AvgIpc) is 2.81. The van der Waals surface area contributed by atoms with Crippen molar-refractivity contribution in [3.63, 3.8) is 0 Å². The highest BCUT2D eigenvalue weighted by molar-refractivity contribution is 9.10. The normalized spacial score (nSPS) is 12.1. The minimum Gasteiger partial charge on any atom is -0.370 e. The van der Waals surface area contributed by atoms with Gasteiger partial charge in [0.15, 0.2) is 0 Å².